The summed E-state index contributed by atoms with van der Waals surface area (Å²) in [5.74, 6) is -0.722. The second-order valence-corrected chi connectivity index (χ2v) is 6.37. The first-order valence-electron chi connectivity index (χ1n) is 8.56. The first-order chi connectivity index (χ1) is 13.6. The number of aromatic nitrogens is 2. The fourth-order valence-corrected chi connectivity index (χ4v) is 3.53. The van der Waals surface area contributed by atoms with Gasteiger partial charge in [0.1, 0.15) is 17.2 Å². The SMILES string of the molecule is O=C1c2oc3ccc(F)cc3c(=O)c2[C@@H](c2cccnc2)N1c1ccccn1. The van der Waals surface area contributed by atoms with E-state index in [1.54, 1.807) is 48.9 Å². The molecular formula is C21H12FN3O3. The van der Waals surface area contributed by atoms with Gasteiger partial charge in [-0.1, -0.05) is 12.1 Å². The van der Waals surface area contributed by atoms with Crippen LogP contribution in [0.2, 0.25) is 0 Å². The molecule has 0 unspecified atom stereocenters. The van der Waals surface area contributed by atoms with Gasteiger partial charge in [-0.15, -0.1) is 0 Å². The third-order valence-corrected chi connectivity index (χ3v) is 4.73. The molecule has 0 spiro atoms. The van der Waals surface area contributed by atoms with E-state index in [4.69, 9.17) is 4.42 Å². The molecule has 1 aromatic carbocycles. The van der Waals surface area contributed by atoms with E-state index in [0.717, 1.165) is 6.07 Å². The summed E-state index contributed by atoms with van der Waals surface area (Å²) in [6, 6.07) is 11.5. The maximum atomic E-state index is 13.7. The van der Waals surface area contributed by atoms with Crippen LogP contribution in [0.15, 0.2) is 76.3 Å². The maximum Gasteiger partial charge on any atom is 0.296 e. The van der Waals surface area contributed by atoms with Crippen LogP contribution in [0, 0.1) is 5.82 Å². The Bertz CT molecular complexity index is 1270. The van der Waals surface area contributed by atoms with E-state index < -0.39 is 23.2 Å². The van der Waals surface area contributed by atoms with Crippen LogP contribution in [0.5, 0.6) is 0 Å². The summed E-state index contributed by atoms with van der Waals surface area (Å²) in [6.45, 7) is 0. The number of carbonyl (C=O) groups is 1. The molecule has 6 nitrogen and oxygen atoms in total. The Labute approximate surface area is 157 Å². The first-order valence-corrected chi connectivity index (χ1v) is 8.56. The highest BCUT2D eigenvalue weighted by molar-refractivity contribution is 6.10. The number of fused-ring (bicyclic) bond motifs is 2. The maximum absolute atomic E-state index is 13.7. The van der Waals surface area contributed by atoms with Crippen LogP contribution in [0.1, 0.15) is 27.7 Å². The van der Waals surface area contributed by atoms with Crippen LogP contribution in [-0.4, -0.2) is 15.9 Å². The molecule has 0 fully saturated rings. The van der Waals surface area contributed by atoms with Crippen molar-refractivity contribution in [2.24, 2.45) is 0 Å². The number of carbonyl (C=O) groups excluding carboxylic acids is 1. The van der Waals surface area contributed by atoms with E-state index >= 15 is 0 Å². The summed E-state index contributed by atoms with van der Waals surface area (Å²) < 4.78 is 19.5. The highest BCUT2D eigenvalue weighted by atomic mass is 19.1. The van der Waals surface area contributed by atoms with E-state index in [2.05, 4.69) is 9.97 Å². The second-order valence-electron chi connectivity index (χ2n) is 6.37. The predicted octanol–water partition coefficient (Wildman–Crippen LogP) is 3.47. The quantitative estimate of drug-likeness (QED) is 0.538. The predicted molar refractivity (Wildman–Crippen MR) is 99.6 cm³/mol. The van der Waals surface area contributed by atoms with Gasteiger partial charge < -0.3 is 4.42 Å². The Hall–Kier alpha value is -3.87. The zero-order valence-corrected chi connectivity index (χ0v) is 14.4. The average Bonchev–Trinajstić information content (AvgIpc) is 3.03. The zero-order valence-electron chi connectivity index (χ0n) is 14.4. The highest BCUT2D eigenvalue weighted by Gasteiger charge is 2.44. The number of anilines is 1. The van der Waals surface area contributed by atoms with Gasteiger partial charge >= 0.3 is 0 Å². The minimum atomic E-state index is -0.769. The molecule has 1 amide bonds. The van der Waals surface area contributed by atoms with Crippen LogP contribution in [0.3, 0.4) is 0 Å². The van der Waals surface area contributed by atoms with Crippen molar-refractivity contribution >= 4 is 22.7 Å². The first kappa shape index (κ1) is 16.3. The molecule has 0 N–H and O–H groups in total. The van der Waals surface area contributed by atoms with Crippen LogP contribution in [0.25, 0.3) is 11.0 Å². The summed E-state index contributed by atoms with van der Waals surface area (Å²) in [6.07, 6.45) is 4.75. The fraction of sp³-hybridized carbons (Fsp3) is 0.0476. The molecule has 3 aromatic heterocycles. The van der Waals surface area contributed by atoms with Crippen LogP contribution < -0.4 is 10.3 Å². The fourth-order valence-electron chi connectivity index (χ4n) is 3.53. The highest BCUT2D eigenvalue weighted by Crippen LogP contribution is 2.40. The molecule has 4 aromatic rings. The standard InChI is InChI=1S/C21H12FN3O3/c22-13-6-7-15-14(10-13)19(26)17-18(12-4-3-8-23-11-12)25(21(27)20(17)28-15)16-5-1-2-9-24-16/h1-11,18H/t18-/m1/s1. The van der Waals surface area contributed by atoms with Crippen molar-refractivity contribution in [1.82, 2.24) is 9.97 Å². The van der Waals surface area contributed by atoms with Gasteiger partial charge in [-0.25, -0.2) is 9.37 Å². The monoisotopic (exact) mass is 373 g/mol. The number of halogens is 1. The number of nitrogens with zero attached hydrogens (tertiary/aromatic N) is 3. The van der Waals surface area contributed by atoms with Gasteiger partial charge in [0.2, 0.25) is 5.76 Å². The minimum absolute atomic E-state index is 0.0661. The number of pyridine rings is 2. The van der Waals surface area contributed by atoms with Crippen LogP contribution in [0.4, 0.5) is 10.2 Å². The third-order valence-electron chi connectivity index (χ3n) is 4.73. The molecule has 1 aliphatic rings. The van der Waals surface area contributed by atoms with Gasteiger partial charge in [-0.3, -0.25) is 19.5 Å². The molecule has 1 aliphatic heterocycles. The molecule has 0 bridgehead atoms. The molecule has 0 radical (unpaired) electrons. The number of hydrogen-bond donors (Lipinski definition) is 0. The van der Waals surface area contributed by atoms with Gasteiger partial charge in [0.25, 0.3) is 5.91 Å². The average molecular weight is 373 g/mol. The lowest BCUT2D eigenvalue weighted by molar-refractivity contribution is 0.0970. The van der Waals surface area contributed by atoms with Gasteiger partial charge in [0, 0.05) is 18.6 Å². The molecular weight excluding hydrogens is 361 g/mol. The Morgan fingerprint density at radius 2 is 1.93 bits per heavy atom. The Morgan fingerprint density at radius 3 is 2.68 bits per heavy atom. The van der Waals surface area contributed by atoms with Crippen LogP contribution >= 0.6 is 0 Å². The Morgan fingerprint density at radius 1 is 1.04 bits per heavy atom. The van der Waals surface area contributed by atoms with E-state index in [0.29, 0.717) is 11.4 Å². The van der Waals surface area contributed by atoms with E-state index in [1.165, 1.54) is 17.0 Å². The zero-order chi connectivity index (χ0) is 19.3. The topological polar surface area (TPSA) is 76.3 Å². The smallest absolute Gasteiger partial charge is 0.296 e. The minimum Gasteiger partial charge on any atom is -0.450 e. The lowest BCUT2D eigenvalue weighted by Crippen LogP contribution is -2.30. The van der Waals surface area contributed by atoms with Crippen molar-refractivity contribution in [3.63, 3.8) is 0 Å². The number of rotatable bonds is 2. The molecule has 4 heterocycles. The summed E-state index contributed by atoms with van der Waals surface area (Å²) in [5.41, 5.74) is 0.493. The van der Waals surface area contributed by atoms with Crippen molar-refractivity contribution in [2.75, 3.05) is 4.90 Å². The number of hydrogen-bond acceptors (Lipinski definition) is 5. The van der Waals surface area contributed by atoms with Gasteiger partial charge in [0.05, 0.1) is 17.0 Å². The van der Waals surface area contributed by atoms with E-state index in [9.17, 15) is 14.0 Å². The van der Waals surface area contributed by atoms with Crippen LogP contribution in [-0.2, 0) is 0 Å². The van der Waals surface area contributed by atoms with Gasteiger partial charge in [0.15, 0.2) is 5.43 Å². The Balaban J connectivity index is 1.84. The van der Waals surface area contributed by atoms with Crippen molar-refractivity contribution in [3.05, 3.63) is 100 Å². The van der Waals surface area contributed by atoms with E-state index in [-0.39, 0.29) is 22.3 Å². The number of benzene rings is 1. The Kier molecular flexibility index (Phi) is 3.55. The van der Waals surface area contributed by atoms with Crippen molar-refractivity contribution in [3.8, 4) is 0 Å². The normalized spacial score (nSPS) is 15.8. The van der Waals surface area contributed by atoms with Gasteiger partial charge in [-0.2, -0.15) is 0 Å². The summed E-state index contributed by atoms with van der Waals surface area (Å²) in [7, 11) is 0. The molecule has 1 atom stereocenters. The largest absolute Gasteiger partial charge is 0.450 e. The molecule has 0 aliphatic carbocycles. The number of amides is 1. The summed E-state index contributed by atoms with van der Waals surface area (Å²) in [5, 5.41) is 0.0864. The lowest BCUT2D eigenvalue weighted by Gasteiger charge is -2.23. The van der Waals surface area contributed by atoms with Gasteiger partial charge in [-0.05, 0) is 42.0 Å². The molecule has 28 heavy (non-hydrogen) atoms. The molecule has 5 rings (SSSR count). The molecule has 0 saturated heterocycles. The lowest BCUT2D eigenvalue weighted by atomic mass is 10.00. The molecule has 7 heteroatoms. The third kappa shape index (κ3) is 2.33. The second kappa shape index (κ2) is 6.09. The van der Waals surface area contributed by atoms with Crippen molar-refractivity contribution < 1.29 is 13.6 Å². The van der Waals surface area contributed by atoms with E-state index in [1.807, 2.05) is 0 Å². The summed E-state index contributed by atoms with van der Waals surface area (Å²) in [4.78, 5) is 36.2. The molecule has 0 saturated carbocycles. The molecule has 136 valence electrons. The van der Waals surface area contributed by atoms with Crippen molar-refractivity contribution in [2.45, 2.75) is 6.04 Å². The van der Waals surface area contributed by atoms with Crippen molar-refractivity contribution in [1.29, 1.82) is 0 Å². The summed E-state index contributed by atoms with van der Waals surface area (Å²) >= 11 is 0.